The van der Waals surface area contributed by atoms with Crippen LogP contribution in [0.3, 0.4) is 0 Å². The van der Waals surface area contributed by atoms with Crippen molar-refractivity contribution in [2.45, 2.75) is 42.9 Å². The highest BCUT2D eigenvalue weighted by Crippen LogP contribution is 2.30. The van der Waals surface area contributed by atoms with E-state index in [1.54, 1.807) is 0 Å². The molecule has 0 atom stereocenters. The molecule has 0 unspecified atom stereocenters. The molecule has 2 aromatic rings. The number of hydrogen-bond acceptors (Lipinski definition) is 1. The van der Waals surface area contributed by atoms with Crippen molar-refractivity contribution < 1.29 is 0 Å². The molecule has 0 fully saturated rings. The molecular formula is C17H20S. The molecular weight excluding hydrogens is 236 g/mol. The molecule has 1 heteroatoms. The van der Waals surface area contributed by atoms with Crippen LogP contribution in [0.5, 0.6) is 0 Å². The van der Waals surface area contributed by atoms with Crippen molar-refractivity contribution in [3.8, 4) is 0 Å². The van der Waals surface area contributed by atoms with Crippen LogP contribution >= 0.6 is 11.8 Å². The van der Waals surface area contributed by atoms with E-state index in [4.69, 9.17) is 0 Å². The maximum absolute atomic E-state index is 2.25. The number of aryl methyl sites for hydroxylation is 1. The predicted octanol–water partition coefficient (Wildman–Crippen LogP) is 5.44. The van der Waals surface area contributed by atoms with E-state index in [0.717, 1.165) is 0 Å². The van der Waals surface area contributed by atoms with Crippen molar-refractivity contribution in [2.24, 2.45) is 0 Å². The van der Waals surface area contributed by atoms with Gasteiger partial charge in [-0.25, -0.2) is 0 Å². The summed E-state index contributed by atoms with van der Waals surface area (Å²) in [4.78, 5) is 2.60. The fourth-order valence-corrected chi connectivity index (χ4v) is 2.77. The van der Waals surface area contributed by atoms with Gasteiger partial charge < -0.3 is 0 Å². The van der Waals surface area contributed by atoms with Crippen LogP contribution in [0, 0.1) is 6.92 Å². The molecule has 0 heterocycles. The Morgan fingerprint density at radius 3 is 2.06 bits per heavy atom. The summed E-state index contributed by atoms with van der Waals surface area (Å²) in [5.41, 5.74) is 2.93. The summed E-state index contributed by atoms with van der Waals surface area (Å²) in [6, 6.07) is 17.5. The number of hydrogen-bond donors (Lipinski definition) is 0. The molecule has 0 aliphatic carbocycles. The first kappa shape index (κ1) is 13.2. The second-order valence-corrected chi connectivity index (χ2v) is 6.84. The summed E-state index contributed by atoms with van der Waals surface area (Å²) in [6.45, 7) is 8.87. The van der Waals surface area contributed by atoms with Gasteiger partial charge in [0.25, 0.3) is 0 Å². The minimum absolute atomic E-state index is 0.229. The molecule has 94 valence electrons. The van der Waals surface area contributed by atoms with Gasteiger partial charge in [0.1, 0.15) is 0 Å². The second-order valence-electron chi connectivity index (χ2n) is 5.69. The average molecular weight is 256 g/mol. The van der Waals surface area contributed by atoms with Crippen molar-refractivity contribution in [2.75, 3.05) is 0 Å². The Kier molecular flexibility index (Phi) is 3.82. The molecule has 0 aliphatic rings. The van der Waals surface area contributed by atoms with Crippen LogP contribution in [-0.2, 0) is 5.41 Å². The average Bonchev–Trinajstić information content (AvgIpc) is 2.28. The Morgan fingerprint density at radius 2 is 1.50 bits per heavy atom. The Hall–Kier alpha value is -1.21. The molecule has 2 aromatic carbocycles. The minimum Gasteiger partial charge on any atom is -0.0901 e. The van der Waals surface area contributed by atoms with Gasteiger partial charge >= 0.3 is 0 Å². The quantitative estimate of drug-likeness (QED) is 0.689. The zero-order valence-electron chi connectivity index (χ0n) is 11.5. The van der Waals surface area contributed by atoms with Crippen molar-refractivity contribution in [1.29, 1.82) is 0 Å². The summed E-state index contributed by atoms with van der Waals surface area (Å²) < 4.78 is 0. The van der Waals surface area contributed by atoms with Gasteiger partial charge in [0, 0.05) is 9.79 Å². The lowest BCUT2D eigenvalue weighted by Crippen LogP contribution is -2.10. The van der Waals surface area contributed by atoms with Gasteiger partial charge in [0.2, 0.25) is 0 Å². The van der Waals surface area contributed by atoms with E-state index in [1.807, 2.05) is 11.8 Å². The van der Waals surface area contributed by atoms with Crippen LogP contribution in [0.4, 0.5) is 0 Å². The van der Waals surface area contributed by atoms with Crippen molar-refractivity contribution in [3.05, 3.63) is 59.7 Å². The lowest BCUT2D eigenvalue weighted by molar-refractivity contribution is 0.590. The van der Waals surface area contributed by atoms with E-state index in [-0.39, 0.29) is 5.41 Å². The maximum atomic E-state index is 2.25. The third-order valence-corrected chi connectivity index (χ3v) is 3.94. The molecule has 18 heavy (non-hydrogen) atoms. The molecule has 0 aromatic heterocycles. The van der Waals surface area contributed by atoms with Crippen molar-refractivity contribution >= 4 is 11.8 Å². The van der Waals surface area contributed by atoms with Crippen LogP contribution in [0.1, 0.15) is 31.9 Å². The fourth-order valence-electron chi connectivity index (χ4n) is 1.84. The van der Waals surface area contributed by atoms with E-state index >= 15 is 0 Å². The smallest absolute Gasteiger partial charge is 0.0124 e. The Balaban J connectivity index is 2.16. The standard InChI is InChI=1S/C17H20S/c1-13-6-5-7-16(12-13)18-15-10-8-14(9-11-15)17(2,3)4/h5-12H,1-4H3. The van der Waals surface area contributed by atoms with Crippen LogP contribution in [-0.4, -0.2) is 0 Å². The molecule has 0 saturated carbocycles. The number of rotatable bonds is 2. The summed E-state index contributed by atoms with van der Waals surface area (Å²) >= 11 is 1.82. The first-order valence-electron chi connectivity index (χ1n) is 6.30. The van der Waals surface area contributed by atoms with E-state index < -0.39 is 0 Å². The topological polar surface area (TPSA) is 0 Å². The molecule has 0 nitrogen and oxygen atoms in total. The maximum Gasteiger partial charge on any atom is 0.0124 e. The Morgan fingerprint density at radius 1 is 0.833 bits per heavy atom. The van der Waals surface area contributed by atoms with Gasteiger partial charge in [0.05, 0.1) is 0 Å². The first-order chi connectivity index (χ1) is 8.45. The molecule has 0 amide bonds. The van der Waals surface area contributed by atoms with E-state index in [0.29, 0.717) is 0 Å². The van der Waals surface area contributed by atoms with Gasteiger partial charge in [-0.2, -0.15) is 0 Å². The van der Waals surface area contributed by atoms with Gasteiger partial charge in [-0.05, 0) is 42.2 Å². The monoisotopic (exact) mass is 256 g/mol. The molecule has 0 radical (unpaired) electrons. The molecule has 2 rings (SSSR count). The fraction of sp³-hybridized carbons (Fsp3) is 0.294. The highest BCUT2D eigenvalue weighted by molar-refractivity contribution is 7.99. The lowest BCUT2D eigenvalue weighted by atomic mass is 9.87. The van der Waals surface area contributed by atoms with Crippen molar-refractivity contribution in [1.82, 2.24) is 0 Å². The van der Waals surface area contributed by atoms with Gasteiger partial charge in [-0.1, -0.05) is 62.4 Å². The lowest BCUT2D eigenvalue weighted by Gasteiger charge is -2.19. The zero-order valence-corrected chi connectivity index (χ0v) is 12.3. The van der Waals surface area contributed by atoms with Gasteiger partial charge in [-0.3, -0.25) is 0 Å². The SMILES string of the molecule is Cc1cccc(Sc2ccc(C(C)(C)C)cc2)c1. The third-order valence-electron chi connectivity index (χ3n) is 2.95. The van der Waals surface area contributed by atoms with Gasteiger partial charge in [-0.15, -0.1) is 0 Å². The Bertz CT molecular complexity index is 518. The summed E-state index contributed by atoms with van der Waals surface area (Å²) in [6.07, 6.45) is 0. The Labute approximate surface area is 114 Å². The van der Waals surface area contributed by atoms with Crippen LogP contribution in [0.2, 0.25) is 0 Å². The molecule has 0 aliphatic heterocycles. The summed E-state index contributed by atoms with van der Waals surface area (Å²) in [5, 5.41) is 0. The molecule has 0 bridgehead atoms. The first-order valence-corrected chi connectivity index (χ1v) is 7.12. The highest BCUT2D eigenvalue weighted by atomic mass is 32.2. The summed E-state index contributed by atoms with van der Waals surface area (Å²) in [5.74, 6) is 0. The highest BCUT2D eigenvalue weighted by Gasteiger charge is 2.12. The second kappa shape index (κ2) is 5.19. The van der Waals surface area contributed by atoms with Crippen LogP contribution < -0.4 is 0 Å². The summed E-state index contributed by atoms with van der Waals surface area (Å²) in [7, 11) is 0. The molecule has 0 spiro atoms. The van der Waals surface area contributed by atoms with Crippen LogP contribution in [0.25, 0.3) is 0 Å². The molecule has 0 saturated heterocycles. The van der Waals surface area contributed by atoms with Gasteiger partial charge in [0.15, 0.2) is 0 Å². The van der Waals surface area contributed by atoms with E-state index in [9.17, 15) is 0 Å². The molecule has 0 N–H and O–H groups in total. The van der Waals surface area contributed by atoms with E-state index in [2.05, 4.69) is 76.2 Å². The minimum atomic E-state index is 0.229. The predicted molar refractivity (Wildman–Crippen MR) is 80.4 cm³/mol. The zero-order chi connectivity index (χ0) is 13.2. The number of benzene rings is 2. The van der Waals surface area contributed by atoms with Crippen LogP contribution in [0.15, 0.2) is 58.3 Å². The van der Waals surface area contributed by atoms with Crippen molar-refractivity contribution in [3.63, 3.8) is 0 Å². The largest absolute Gasteiger partial charge is 0.0901 e. The van der Waals surface area contributed by atoms with E-state index in [1.165, 1.54) is 20.9 Å². The normalized spacial score (nSPS) is 11.6. The third kappa shape index (κ3) is 3.39.